The van der Waals surface area contributed by atoms with Gasteiger partial charge in [0, 0.05) is 37.8 Å². The zero-order valence-electron chi connectivity index (χ0n) is 13.5. The predicted molar refractivity (Wildman–Crippen MR) is 90.0 cm³/mol. The van der Waals surface area contributed by atoms with Crippen molar-refractivity contribution in [1.82, 2.24) is 15.1 Å². The number of carbonyl (C=O) groups is 2. The molecule has 3 heterocycles. The maximum atomic E-state index is 13.9. The summed E-state index contributed by atoms with van der Waals surface area (Å²) in [4.78, 5) is 28.2. The first-order chi connectivity index (χ1) is 12.1. The second kappa shape index (κ2) is 6.16. The van der Waals surface area contributed by atoms with E-state index >= 15 is 0 Å². The van der Waals surface area contributed by atoms with Gasteiger partial charge in [-0.25, -0.2) is 4.39 Å². The number of amides is 2. The Hall–Kier alpha value is -2.96. The molecular weight excluding hydrogens is 323 g/mol. The van der Waals surface area contributed by atoms with Crippen molar-refractivity contribution >= 4 is 23.1 Å². The van der Waals surface area contributed by atoms with Gasteiger partial charge in [0.2, 0.25) is 11.8 Å². The van der Waals surface area contributed by atoms with Gasteiger partial charge in [-0.05, 0) is 11.6 Å². The van der Waals surface area contributed by atoms with E-state index in [4.69, 9.17) is 0 Å². The van der Waals surface area contributed by atoms with Gasteiger partial charge in [0.05, 0.1) is 17.8 Å². The monoisotopic (exact) mass is 340 g/mol. The summed E-state index contributed by atoms with van der Waals surface area (Å²) in [6.45, 7) is 1.16. The molecule has 1 atom stereocenters. The van der Waals surface area contributed by atoms with Crippen molar-refractivity contribution in [2.45, 2.75) is 6.42 Å². The molecule has 2 aromatic rings. The standard InChI is InChI=1S/C18H17FN4O2/c19-16-4-2-1-3-15(16)12-5-6-22(10-12)18(25)13-7-17(24)23(11-13)14-8-20-21-9-14/h1-5,8-9,13H,6-7,10-11H2,(H,20,21). The van der Waals surface area contributed by atoms with Crippen LogP contribution in [0.5, 0.6) is 0 Å². The Bertz CT molecular complexity index is 847. The maximum Gasteiger partial charge on any atom is 0.228 e. The first-order valence-corrected chi connectivity index (χ1v) is 8.15. The Kier molecular flexibility index (Phi) is 3.83. The number of nitrogens with zero attached hydrogens (tertiary/aromatic N) is 3. The summed E-state index contributed by atoms with van der Waals surface area (Å²) in [5.41, 5.74) is 2.01. The van der Waals surface area contributed by atoms with E-state index in [0.29, 0.717) is 30.9 Å². The number of hydrogen-bond donors (Lipinski definition) is 1. The normalized spacial score (nSPS) is 20.3. The molecule has 1 saturated heterocycles. The fourth-order valence-corrected chi connectivity index (χ4v) is 3.41. The lowest BCUT2D eigenvalue weighted by Crippen LogP contribution is -2.36. The summed E-state index contributed by atoms with van der Waals surface area (Å²) in [5, 5.41) is 6.51. The third-order valence-corrected chi connectivity index (χ3v) is 4.72. The van der Waals surface area contributed by atoms with Gasteiger partial charge in [-0.2, -0.15) is 5.10 Å². The number of benzene rings is 1. The molecule has 1 fully saturated rings. The van der Waals surface area contributed by atoms with Gasteiger partial charge in [0.15, 0.2) is 0 Å². The molecule has 0 bridgehead atoms. The molecule has 2 aliphatic rings. The molecule has 1 unspecified atom stereocenters. The molecule has 1 aromatic heterocycles. The van der Waals surface area contributed by atoms with Gasteiger partial charge in [0.25, 0.3) is 0 Å². The van der Waals surface area contributed by atoms with E-state index in [9.17, 15) is 14.0 Å². The quantitative estimate of drug-likeness (QED) is 0.927. The number of hydrogen-bond acceptors (Lipinski definition) is 3. The first-order valence-electron chi connectivity index (χ1n) is 8.15. The lowest BCUT2D eigenvalue weighted by atomic mass is 10.1. The fourth-order valence-electron chi connectivity index (χ4n) is 3.41. The van der Waals surface area contributed by atoms with Crippen molar-refractivity contribution in [2.24, 2.45) is 5.92 Å². The van der Waals surface area contributed by atoms with Crippen LogP contribution in [-0.2, 0) is 9.59 Å². The molecule has 4 rings (SSSR count). The van der Waals surface area contributed by atoms with Crippen molar-refractivity contribution < 1.29 is 14.0 Å². The minimum absolute atomic E-state index is 0.0677. The molecule has 0 radical (unpaired) electrons. The SMILES string of the molecule is O=C(C1CC(=O)N(c2cn[nH]c2)C1)N1CC=C(c2ccccc2F)C1. The molecule has 7 heteroatoms. The molecule has 2 amide bonds. The molecule has 0 spiro atoms. The summed E-state index contributed by atoms with van der Waals surface area (Å²) in [6.07, 6.45) is 5.27. The van der Waals surface area contributed by atoms with Gasteiger partial charge < -0.3 is 9.80 Å². The van der Waals surface area contributed by atoms with E-state index in [-0.39, 0.29) is 30.0 Å². The molecule has 2 aliphatic heterocycles. The second-order valence-corrected chi connectivity index (χ2v) is 6.29. The van der Waals surface area contributed by atoms with Crippen molar-refractivity contribution in [1.29, 1.82) is 0 Å². The number of rotatable bonds is 3. The number of aromatic amines is 1. The third-order valence-electron chi connectivity index (χ3n) is 4.72. The average molecular weight is 340 g/mol. The second-order valence-electron chi connectivity index (χ2n) is 6.29. The van der Waals surface area contributed by atoms with E-state index in [1.165, 1.54) is 6.07 Å². The summed E-state index contributed by atoms with van der Waals surface area (Å²) in [6, 6.07) is 6.56. The van der Waals surface area contributed by atoms with E-state index in [0.717, 1.165) is 5.57 Å². The van der Waals surface area contributed by atoms with Gasteiger partial charge >= 0.3 is 0 Å². The first kappa shape index (κ1) is 15.6. The Balaban J connectivity index is 1.43. The van der Waals surface area contributed by atoms with Crippen molar-refractivity contribution in [3.8, 4) is 0 Å². The van der Waals surface area contributed by atoms with Crippen LogP contribution >= 0.6 is 0 Å². The lowest BCUT2D eigenvalue weighted by Gasteiger charge is -2.21. The average Bonchev–Trinajstić information content (AvgIpc) is 3.35. The Morgan fingerprint density at radius 3 is 2.92 bits per heavy atom. The largest absolute Gasteiger partial charge is 0.334 e. The van der Waals surface area contributed by atoms with Gasteiger partial charge in [-0.1, -0.05) is 24.3 Å². The minimum Gasteiger partial charge on any atom is -0.334 e. The van der Waals surface area contributed by atoms with Crippen molar-refractivity contribution in [2.75, 3.05) is 24.5 Å². The fraction of sp³-hybridized carbons (Fsp3) is 0.278. The van der Waals surface area contributed by atoms with Crippen molar-refractivity contribution in [3.63, 3.8) is 0 Å². The summed E-state index contributed by atoms with van der Waals surface area (Å²) in [5.74, 6) is -0.816. The molecule has 1 N–H and O–H groups in total. The molecular formula is C18H17FN4O2. The number of halogens is 1. The van der Waals surface area contributed by atoms with Crippen LogP contribution in [0.25, 0.3) is 5.57 Å². The number of aromatic nitrogens is 2. The van der Waals surface area contributed by atoms with Crippen LogP contribution < -0.4 is 4.90 Å². The minimum atomic E-state index is -0.379. The highest BCUT2D eigenvalue weighted by molar-refractivity contribution is 6.00. The maximum absolute atomic E-state index is 13.9. The van der Waals surface area contributed by atoms with Gasteiger partial charge in [0.1, 0.15) is 5.82 Å². The van der Waals surface area contributed by atoms with Gasteiger partial charge in [-0.15, -0.1) is 0 Å². The predicted octanol–water partition coefficient (Wildman–Crippen LogP) is 1.83. The van der Waals surface area contributed by atoms with Crippen LogP contribution in [0.4, 0.5) is 10.1 Å². The highest BCUT2D eigenvalue weighted by Crippen LogP contribution is 2.29. The van der Waals surface area contributed by atoms with Crippen LogP contribution in [0.2, 0.25) is 0 Å². The highest BCUT2D eigenvalue weighted by atomic mass is 19.1. The number of carbonyl (C=O) groups excluding carboxylic acids is 2. The molecule has 0 saturated carbocycles. The zero-order chi connectivity index (χ0) is 17.4. The van der Waals surface area contributed by atoms with E-state index < -0.39 is 0 Å². The lowest BCUT2D eigenvalue weighted by molar-refractivity contribution is -0.134. The molecule has 0 aliphatic carbocycles. The summed E-state index contributed by atoms with van der Waals surface area (Å²) < 4.78 is 13.9. The van der Waals surface area contributed by atoms with Crippen LogP contribution in [0.3, 0.4) is 0 Å². The smallest absolute Gasteiger partial charge is 0.228 e. The molecule has 25 heavy (non-hydrogen) atoms. The van der Waals surface area contributed by atoms with Crippen molar-refractivity contribution in [3.05, 3.63) is 54.1 Å². The van der Waals surface area contributed by atoms with E-state index in [1.54, 1.807) is 40.4 Å². The Morgan fingerprint density at radius 1 is 1.32 bits per heavy atom. The van der Waals surface area contributed by atoms with Crippen LogP contribution in [0, 0.1) is 11.7 Å². The number of anilines is 1. The highest BCUT2D eigenvalue weighted by Gasteiger charge is 2.38. The molecule has 6 nitrogen and oxygen atoms in total. The summed E-state index contributed by atoms with van der Waals surface area (Å²) in [7, 11) is 0. The third kappa shape index (κ3) is 2.82. The number of nitrogens with one attached hydrogen (secondary N) is 1. The van der Waals surface area contributed by atoms with Crippen LogP contribution in [-0.4, -0.2) is 46.5 Å². The van der Waals surface area contributed by atoms with E-state index in [1.807, 2.05) is 6.08 Å². The van der Waals surface area contributed by atoms with Gasteiger partial charge in [-0.3, -0.25) is 14.7 Å². The summed E-state index contributed by atoms with van der Waals surface area (Å²) >= 11 is 0. The Morgan fingerprint density at radius 2 is 2.16 bits per heavy atom. The Labute approximate surface area is 143 Å². The van der Waals surface area contributed by atoms with E-state index in [2.05, 4.69) is 10.2 Å². The zero-order valence-corrected chi connectivity index (χ0v) is 13.5. The molecule has 128 valence electrons. The van der Waals surface area contributed by atoms with Crippen LogP contribution in [0.15, 0.2) is 42.7 Å². The number of H-pyrrole nitrogens is 1. The van der Waals surface area contributed by atoms with Crippen LogP contribution in [0.1, 0.15) is 12.0 Å². The molecule has 1 aromatic carbocycles. The topological polar surface area (TPSA) is 69.3 Å².